The molecule has 0 aromatic heterocycles. The van der Waals surface area contributed by atoms with E-state index in [1.165, 1.54) is 0 Å². The van der Waals surface area contributed by atoms with Gasteiger partial charge in [-0.25, -0.2) is 0 Å². The summed E-state index contributed by atoms with van der Waals surface area (Å²) in [5, 5.41) is 3.22. The molecule has 3 N–H and O–H groups in total. The summed E-state index contributed by atoms with van der Waals surface area (Å²) >= 11 is 9.07. The van der Waals surface area contributed by atoms with Crippen molar-refractivity contribution >= 4 is 39.1 Å². The predicted octanol–water partition coefficient (Wildman–Crippen LogP) is 2.39. The highest BCUT2D eigenvalue weighted by Crippen LogP contribution is 2.25. The molecule has 0 aliphatic heterocycles. The maximum atomic E-state index is 11.3. The number of rotatable bonds is 2. The Morgan fingerprint density at radius 1 is 1.64 bits per heavy atom. The molecule has 3 nitrogen and oxygen atoms in total. The molecule has 5 heteroatoms. The fraction of sp³-hybridized carbons (Fsp3) is 0.222. The van der Waals surface area contributed by atoms with Crippen LogP contribution < -0.4 is 11.1 Å². The van der Waals surface area contributed by atoms with Crippen LogP contribution in [-0.2, 0) is 4.79 Å². The van der Waals surface area contributed by atoms with Crippen molar-refractivity contribution < 1.29 is 4.79 Å². The highest BCUT2D eigenvalue weighted by atomic mass is 79.9. The van der Waals surface area contributed by atoms with Crippen molar-refractivity contribution in [2.45, 2.75) is 13.0 Å². The van der Waals surface area contributed by atoms with Crippen LogP contribution in [0.1, 0.15) is 6.92 Å². The normalized spacial score (nSPS) is 12.3. The number of nitrogens with two attached hydrogens (primary N) is 1. The Bertz CT molecular complexity index is 355. The molecule has 0 bridgehead atoms. The molecule has 0 unspecified atom stereocenters. The second kappa shape index (κ2) is 4.77. The lowest BCUT2D eigenvalue weighted by Gasteiger charge is -2.09. The molecule has 0 saturated heterocycles. The Balaban J connectivity index is 2.86. The van der Waals surface area contributed by atoms with Crippen LogP contribution in [0.3, 0.4) is 0 Å². The second-order valence-corrected chi connectivity index (χ2v) is 4.19. The van der Waals surface area contributed by atoms with Crippen LogP contribution in [0.4, 0.5) is 5.69 Å². The first-order chi connectivity index (χ1) is 6.50. The van der Waals surface area contributed by atoms with Crippen molar-refractivity contribution in [2.75, 3.05) is 5.32 Å². The number of nitrogens with one attached hydrogen (secondary N) is 1. The minimum absolute atomic E-state index is 0.243. The lowest BCUT2D eigenvalue weighted by molar-refractivity contribution is -0.117. The molecule has 1 aromatic carbocycles. The van der Waals surface area contributed by atoms with Gasteiger partial charge in [0.15, 0.2) is 0 Å². The van der Waals surface area contributed by atoms with Crippen molar-refractivity contribution in [3.63, 3.8) is 0 Å². The number of hydrogen-bond acceptors (Lipinski definition) is 2. The molecule has 0 spiro atoms. The summed E-state index contributed by atoms with van der Waals surface area (Å²) < 4.78 is 0.774. The summed E-state index contributed by atoms with van der Waals surface area (Å²) in [7, 11) is 0. The molecule has 0 saturated carbocycles. The number of carbonyl (C=O) groups is 1. The van der Waals surface area contributed by atoms with E-state index >= 15 is 0 Å². The lowest BCUT2D eigenvalue weighted by Crippen LogP contribution is -2.32. The molecular weight excluding hydrogens is 267 g/mol. The quantitative estimate of drug-likeness (QED) is 0.872. The SMILES string of the molecule is C[C@@H](N)C(=O)Nc1cc(Cl)ccc1Br. The van der Waals surface area contributed by atoms with Gasteiger partial charge < -0.3 is 11.1 Å². The number of hydrogen-bond donors (Lipinski definition) is 2. The molecule has 76 valence electrons. The maximum Gasteiger partial charge on any atom is 0.241 e. The minimum atomic E-state index is -0.541. The number of anilines is 1. The van der Waals surface area contributed by atoms with Gasteiger partial charge in [0.05, 0.1) is 11.7 Å². The Labute approximate surface area is 95.7 Å². The first-order valence-corrected chi connectivity index (χ1v) is 5.19. The van der Waals surface area contributed by atoms with E-state index in [0.29, 0.717) is 10.7 Å². The minimum Gasteiger partial charge on any atom is -0.324 e. The molecule has 1 rings (SSSR count). The molecule has 0 aliphatic carbocycles. The highest BCUT2D eigenvalue weighted by Gasteiger charge is 2.09. The average Bonchev–Trinajstić information content (AvgIpc) is 2.11. The fourth-order valence-electron chi connectivity index (χ4n) is 0.840. The third-order valence-corrected chi connectivity index (χ3v) is 2.53. The molecule has 14 heavy (non-hydrogen) atoms. The smallest absolute Gasteiger partial charge is 0.241 e. The molecular formula is C9H10BrClN2O. The molecule has 1 aromatic rings. The van der Waals surface area contributed by atoms with E-state index in [0.717, 1.165) is 4.47 Å². The van der Waals surface area contributed by atoms with Crippen molar-refractivity contribution in [2.24, 2.45) is 5.73 Å². The van der Waals surface area contributed by atoms with Crippen molar-refractivity contribution in [1.82, 2.24) is 0 Å². The van der Waals surface area contributed by atoms with Gasteiger partial charge in [-0.2, -0.15) is 0 Å². The van der Waals surface area contributed by atoms with Gasteiger partial charge in [0, 0.05) is 9.50 Å². The van der Waals surface area contributed by atoms with Gasteiger partial charge in [-0.3, -0.25) is 4.79 Å². The third kappa shape index (κ3) is 2.97. The van der Waals surface area contributed by atoms with Gasteiger partial charge in [0.25, 0.3) is 0 Å². The topological polar surface area (TPSA) is 55.1 Å². The summed E-state index contributed by atoms with van der Waals surface area (Å²) in [6, 6.07) is 4.61. The number of amides is 1. The van der Waals surface area contributed by atoms with Crippen molar-refractivity contribution in [1.29, 1.82) is 0 Å². The Morgan fingerprint density at radius 2 is 2.29 bits per heavy atom. The van der Waals surface area contributed by atoms with Gasteiger partial charge in [-0.1, -0.05) is 11.6 Å². The molecule has 1 atom stereocenters. The average molecular weight is 278 g/mol. The first-order valence-electron chi connectivity index (χ1n) is 4.02. The summed E-state index contributed by atoms with van der Waals surface area (Å²) in [6.07, 6.45) is 0. The van der Waals surface area contributed by atoms with E-state index in [1.54, 1.807) is 25.1 Å². The molecule has 0 fully saturated rings. The monoisotopic (exact) mass is 276 g/mol. The Hall–Kier alpha value is -0.580. The van der Waals surface area contributed by atoms with Gasteiger partial charge >= 0.3 is 0 Å². The van der Waals surface area contributed by atoms with Crippen LogP contribution in [-0.4, -0.2) is 11.9 Å². The Kier molecular flexibility index (Phi) is 3.92. The van der Waals surface area contributed by atoms with Gasteiger partial charge in [-0.15, -0.1) is 0 Å². The fourth-order valence-corrected chi connectivity index (χ4v) is 1.36. The van der Waals surface area contributed by atoms with E-state index in [4.69, 9.17) is 17.3 Å². The molecule has 0 radical (unpaired) electrons. The zero-order valence-electron chi connectivity index (χ0n) is 7.55. The number of halogens is 2. The second-order valence-electron chi connectivity index (χ2n) is 2.90. The summed E-state index contributed by atoms with van der Waals surface area (Å²) in [6.45, 7) is 1.62. The van der Waals surface area contributed by atoms with Gasteiger partial charge in [0.1, 0.15) is 0 Å². The van der Waals surface area contributed by atoms with Gasteiger partial charge in [-0.05, 0) is 41.1 Å². The van der Waals surface area contributed by atoms with Crippen LogP contribution in [0.25, 0.3) is 0 Å². The Morgan fingerprint density at radius 3 is 2.86 bits per heavy atom. The van der Waals surface area contributed by atoms with E-state index in [-0.39, 0.29) is 5.91 Å². The third-order valence-electron chi connectivity index (χ3n) is 1.60. The lowest BCUT2D eigenvalue weighted by atomic mass is 10.3. The van der Waals surface area contributed by atoms with Crippen molar-refractivity contribution in [3.8, 4) is 0 Å². The number of carbonyl (C=O) groups excluding carboxylic acids is 1. The first kappa shape index (κ1) is 11.5. The number of benzene rings is 1. The molecule has 0 aliphatic rings. The van der Waals surface area contributed by atoms with E-state index in [1.807, 2.05) is 0 Å². The summed E-state index contributed by atoms with van der Waals surface area (Å²) in [4.78, 5) is 11.3. The van der Waals surface area contributed by atoms with Crippen LogP contribution >= 0.6 is 27.5 Å². The zero-order chi connectivity index (χ0) is 10.7. The van der Waals surface area contributed by atoms with Crippen LogP contribution in [0.2, 0.25) is 5.02 Å². The van der Waals surface area contributed by atoms with Crippen LogP contribution in [0.15, 0.2) is 22.7 Å². The van der Waals surface area contributed by atoms with E-state index in [2.05, 4.69) is 21.2 Å². The molecule has 0 heterocycles. The highest BCUT2D eigenvalue weighted by molar-refractivity contribution is 9.10. The maximum absolute atomic E-state index is 11.3. The van der Waals surface area contributed by atoms with Crippen LogP contribution in [0, 0.1) is 0 Å². The summed E-state index contributed by atoms with van der Waals surface area (Å²) in [5.41, 5.74) is 6.04. The van der Waals surface area contributed by atoms with E-state index in [9.17, 15) is 4.79 Å². The largest absolute Gasteiger partial charge is 0.324 e. The molecule has 1 amide bonds. The summed E-state index contributed by atoms with van der Waals surface area (Å²) in [5.74, 6) is -0.243. The predicted molar refractivity (Wildman–Crippen MR) is 61.4 cm³/mol. The zero-order valence-corrected chi connectivity index (χ0v) is 9.89. The van der Waals surface area contributed by atoms with Gasteiger partial charge in [0.2, 0.25) is 5.91 Å². The standard InChI is InChI=1S/C9H10BrClN2O/c1-5(12)9(14)13-8-4-6(11)2-3-7(8)10/h2-5H,12H2,1H3,(H,13,14)/t5-/m1/s1. The van der Waals surface area contributed by atoms with E-state index < -0.39 is 6.04 Å². The van der Waals surface area contributed by atoms with Crippen LogP contribution in [0.5, 0.6) is 0 Å². The van der Waals surface area contributed by atoms with Crippen molar-refractivity contribution in [3.05, 3.63) is 27.7 Å².